The van der Waals surface area contributed by atoms with Gasteiger partial charge in [-0.25, -0.2) is 0 Å². The third-order valence-corrected chi connectivity index (χ3v) is 2.01. The average Bonchev–Trinajstić information content (AvgIpc) is 2.13. The first-order chi connectivity index (χ1) is 6.24. The van der Waals surface area contributed by atoms with Gasteiger partial charge in [0.25, 0.3) is 0 Å². The van der Waals surface area contributed by atoms with Crippen LogP contribution in [0.4, 0.5) is 0 Å². The van der Waals surface area contributed by atoms with Gasteiger partial charge in [-0.05, 0) is 19.8 Å². The fourth-order valence-corrected chi connectivity index (χ4v) is 1.22. The Kier molecular flexibility index (Phi) is 7.36. The predicted molar refractivity (Wildman–Crippen MR) is 60.3 cm³/mol. The number of nitrogens with one attached hydrogen (secondary N) is 1. The molecule has 0 amide bonds. The Hall–Kier alpha value is -0.790. The quantitative estimate of drug-likeness (QED) is 0.394. The lowest BCUT2D eigenvalue weighted by molar-refractivity contribution is 0.834. The van der Waals surface area contributed by atoms with Crippen LogP contribution in [-0.4, -0.2) is 19.4 Å². The first-order valence-corrected chi connectivity index (χ1v) is 5.09. The van der Waals surface area contributed by atoms with Crippen molar-refractivity contribution in [1.29, 1.82) is 0 Å². The molecule has 2 heteroatoms. The van der Waals surface area contributed by atoms with Gasteiger partial charge >= 0.3 is 0 Å². The highest BCUT2D eigenvalue weighted by molar-refractivity contribution is 5.81. The van der Waals surface area contributed by atoms with E-state index in [2.05, 4.69) is 37.2 Å². The highest BCUT2D eigenvalue weighted by Crippen LogP contribution is 1.99. The maximum absolute atomic E-state index is 4.14. The van der Waals surface area contributed by atoms with E-state index in [0.717, 1.165) is 31.6 Å². The lowest BCUT2D eigenvalue weighted by atomic mass is 10.2. The highest BCUT2D eigenvalue weighted by Gasteiger charge is 1.93. The van der Waals surface area contributed by atoms with Crippen LogP contribution in [0.1, 0.15) is 40.0 Å². The van der Waals surface area contributed by atoms with Crippen molar-refractivity contribution in [1.82, 2.24) is 5.32 Å². The fourth-order valence-electron chi connectivity index (χ4n) is 1.22. The second-order valence-corrected chi connectivity index (χ2v) is 3.16. The standard InChI is InChI=1S/C11H22N2/c1-5-7-10(3)8-9-13-11(6-2)12-4/h7H,5-6,8-9H2,1-4H3,(H,12,13). The second kappa shape index (κ2) is 7.84. The molecule has 0 aromatic carbocycles. The van der Waals surface area contributed by atoms with Gasteiger partial charge in [0.15, 0.2) is 0 Å². The van der Waals surface area contributed by atoms with Gasteiger partial charge in [-0.2, -0.15) is 0 Å². The van der Waals surface area contributed by atoms with Gasteiger partial charge in [0.2, 0.25) is 0 Å². The van der Waals surface area contributed by atoms with E-state index in [0.29, 0.717) is 0 Å². The number of nitrogens with zero attached hydrogens (tertiary/aromatic N) is 1. The molecule has 0 unspecified atom stereocenters. The van der Waals surface area contributed by atoms with E-state index < -0.39 is 0 Å². The maximum Gasteiger partial charge on any atom is 0.0956 e. The zero-order chi connectivity index (χ0) is 10.1. The first kappa shape index (κ1) is 12.2. The largest absolute Gasteiger partial charge is 0.374 e. The lowest BCUT2D eigenvalue weighted by Crippen LogP contribution is -2.23. The number of hydrogen-bond acceptors (Lipinski definition) is 1. The van der Waals surface area contributed by atoms with Crippen LogP contribution in [0.2, 0.25) is 0 Å². The molecule has 0 bridgehead atoms. The normalized spacial score (nSPS) is 13.2. The smallest absolute Gasteiger partial charge is 0.0956 e. The monoisotopic (exact) mass is 182 g/mol. The van der Waals surface area contributed by atoms with Crippen LogP contribution in [0.25, 0.3) is 0 Å². The van der Waals surface area contributed by atoms with Crippen molar-refractivity contribution in [3.8, 4) is 0 Å². The van der Waals surface area contributed by atoms with Crippen molar-refractivity contribution in [3.05, 3.63) is 11.6 Å². The minimum atomic E-state index is 0.993. The number of aliphatic imine (C=N–C) groups is 1. The Labute approximate surface area is 82.1 Å². The summed E-state index contributed by atoms with van der Waals surface area (Å²) in [4.78, 5) is 4.14. The molecule has 0 aromatic heterocycles. The van der Waals surface area contributed by atoms with Crippen LogP contribution in [0, 0.1) is 0 Å². The molecule has 0 aliphatic heterocycles. The van der Waals surface area contributed by atoms with E-state index in [1.807, 2.05) is 7.05 Å². The summed E-state index contributed by atoms with van der Waals surface area (Å²) in [6, 6.07) is 0. The number of hydrogen-bond donors (Lipinski definition) is 1. The van der Waals surface area contributed by atoms with Gasteiger partial charge in [0.05, 0.1) is 5.84 Å². The van der Waals surface area contributed by atoms with Gasteiger partial charge in [-0.1, -0.05) is 25.5 Å². The summed E-state index contributed by atoms with van der Waals surface area (Å²) in [6.45, 7) is 7.47. The number of allylic oxidation sites excluding steroid dienone is 1. The van der Waals surface area contributed by atoms with Gasteiger partial charge in [-0.3, -0.25) is 4.99 Å². The van der Waals surface area contributed by atoms with Gasteiger partial charge < -0.3 is 5.32 Å². The molecule has 0 aliphatic carbocycles. The van der Waals surface area contributed by atoms with E-state index in [1.54, 1.807) is 0 Å². The molecule has 0 aliphatic rings. The summed E-state index contributed by atoms with van der Waals surface area (Å²) in [5.41, 5.74) is 1.46. The molecule has 76 valence electrons. The molecule has 0 saturated carbocycles. The Balaban J connectivity index is 3.61. The summed E-state index contributed by atoms with van der Waals surface area (Å²) < 4.78 is 0. The third kappa shape index (κ3) is 6.38. The van der Waals surface area contributed by atoms with Gasteiger partial charge in [0.1, 0.15) is 0 Å². The Bertz CT molecular complexity index is 181. The van der Waals surface area contributed by atoms with Crippen molar-refractivity contribution < 1.29 is 0 Å². The Morgan fingerprint density at radius 3 is 2.54 bits per heavy atom. The van der Waals surface area contributed by atoms with Crippen molar-refractivity contribution in [2.24, 2.45) is 4.99 Å². The molecule has 0 saturated heterocycles. The van der Waals surface area contributed by atoms with Crippen LogP contribution in [0.3, 0.4) is 0 Å². The molecular formula is C11H22N2. The van der Waals surface area contributed by atoms with E-state index in [1.165, 1.54) is 5.57 Å². The fraction of sp³-hybridized carbons (Fsp3) is 0.727. The van der Waals surface area contributed by atoms with E-state index in [9.17, 15) is 0 Å². The van der Waals surface area contributed by atoms with E-state index >= 15 is 0 Å². The SMILES string of the molecule is CCC=C(C)CCNC(CC)=NC. The molecule has 1 N–H and O–H groups in total. The zero-order valence-electron chi connectivity index (χ0n) is 9.35. The Morgan fingerprint density at radius 1 is 1.38 bits per heavy atom. The molecule has 0 atom stereocenters. The summed E-state index contributed by atoms with van der Waals surface area (Å²) in [5, 5.41) is 3.32. The van der Waals surface area contributed by atoms with E-state index in [-0.39, 0.29) is 0 Å². The second-order valence-electron chi connectivity index (χ2n) is 3.16. The summed E-state index contributed by atoms with van der Waals surface area (Å²) >= 11 is 0. The van der Waals surface area contributed by atoms with Crippen molar-refractivity contribution >= 4 is 5.84 Å². The third-order valence-electron chi connectivity index (χ3n) is 2.01. The molecule has 0 radical (unpaired) electrons. The Morgan fingerprint density at radius 2 is 2.08 bits per heavy atom. The molecule has 0 rings (SSSR count). The first-order valence-electron chi connectivity index (χ1n) is 5.09. The molecule has 2 nitrogen and oxygen atoms in total. The van der Waals surface area contributed by atoms with Crippen LogP contribution < -0.4 is 5.32 Å². The van der Waals surface area contributed by atoms with Gasteiger partial charge in [-0.15, -0.1) is 0 Å². The average molecular weight is 182 g/mol. The van der Waals surface area contributed by atoms with Crippen LogP contribution in [0.5, 0.6) is 0 Å². The summed E-state index contributed by atoms with van der Waals surface area (Å²) in [7, 11) is 1.83. The minimum absolute atomic E-state index is 0.993. The molecule has 13 heavy (non-hydrogen) atoms. The number of amidine groups is 1. The minimum Gasteiger partial charge on any atom is -0.374 e. The van der Waals surface area contributed by atoms with Crippen molar-refractivity contribution in [2.75, 3.05) is 13.6 Å². The lowest BCUT2D eigenvalue weighted by Gasteiger charge is -2.07. The van der Waals surface area contributed by atoms with Crippen LogP contribution in [-0.2, 0) is 0 Å². The zero-order valence-corrected chi connectivity index (χ0v) is 9.35. The summed E-state index contributed by atoms with van der Waals surface area (Å²) in [5.74, 6) is 1.10. The topological polar surface area (TPSA) is 24.4 Å². The molecule has 0 aromatic rings. The molecular weight excluding hydrogens is 160 g/mol. The van der Waals surface area contributed by atoms with Crippen molar-refractivity contribution in [3.63, 3.8) is 0 Å². The molecule has 0 fully saturated rings. The van der Waals surface area contributed by atoms with Crippen LogP contribution in [0.15, 0.2) is 16.6 Å². The molecule has 0 heterocycles. The van der Waals surface area contributed by atoms with E-state index in [4.69, 9.17) is 0 Å². The van der Waals surface area contributed by atoms with Gasteiger partial charge in [0, 0.05) is 20.0 Å². The van der Waals surface area contributed by atoms with Crippen LogP contribution >= 0.6 is 0 Å². The molecule has 0 spiro atoms. The summed E-state index contributed by atoms with van der Waals surface area (Å²) in [6.07, 6.45) is 5.52. The number of rotatable bonds is 5. The van der Waals surface area contributed by atoms with Crippen molar-refractivity contribution in [2.45, 2.75) is 40.0 Å². The highest BCUT2D eigenvalue weighted by atomic mass is 15.0. The predicted octanol–water partition coefficient (Wildman–Crippen LogP) is 2.76. The maximum atomic E-state index is 4.14.